The lowest BCUT2D eigenvalue weighted by molar-refractivity contribution is -0.136. The molecule has 112 valence electrons. The number of nitrogens with two attached hydrogens (primary N) is 1. The topological polar surface area (TPSA) is 64.3 Å². The third-order valence-electron chi connectivity index (χ3n) is 2.31. The van der Waals surface area contributed by atoms with Gasteiger partial charge in [-0.1, -0.05) is 0 Å². The van der Waals surface area contributed by atoms with Gasteiger partial charge in [0.15, 0.2) is 0 Å². The second-order valence-corrected chi connectivity index (χ2v) is 5.00. The number of carbonyl (C=O) groups excluding carboxylic acids is 1. The number of methoxy groups -OCH3 is 1. The number of amides is 1. The summed E-state index contributed by atoms with van der Waals surface area (Å²) in [6.07, 6.45) is -4.54. The van der Waals surface area contributed by atoms with Gasteiger partial charge in [0.2, 0.25) is 5.91 Å². The first-order chi connectivity index (χ1) is 9.34. The summed E-state index contributed by atoms with van der Waals surface area (Å²) in [5.41, 5.74) is 4.02. The van der Waals surface area contributed by atoms with Gasteiger partial charge in [0.25, 0.3) is 0 Å². The highest BCUT2D eigenvalue weighted by Crippen LogP contribution is 2.35. The first-order valence-corrected chi connectivity index (χ1v) is 6.83. The van der Waals surface area contributed by atoms with Gasteiger partial charge in [-0.05, 0) is 18.2 Å². The van der Waals surface area contributed by atoms with E-state index in [1.54, 1.807) is 7.11 Å². The summed E-state index contributed by atoms with van der Waals surface area (Å²) in [5.74, 6) is 0.415. The van der Waals surface area contributed by atoms with Crippen molar-refractivity contribution in [2.45, 2.75) is 6.18 Å². The van der Waals surface area contributed by atoms with Crippen molar-refractivity contribution < 1.29 is 22.7 Å². The van der Waals surface area contributed by atoms with E-state index in [9.17, 15) is 18.0 Å². The molecule has 4 nitrogen and oxygen atoms in total. The van der Waals surface area contributed by atoms with Crippen molar-refractivity contribution in [1.29, 1.82) is 0 Å². The van der Waals surface area contributed by atoms with Crippen LogP contribution in [0.2, 0.25) is 0 Å². The minimum absolute atomic E-state index is 0.0730. The highest BCUT2D eigenvalue weighted by Gasteiger charge is 2.33. The molecule has 8 heteroatoms. The summed E-state index contributed by atoms with van der Waals surface area (Å²) in [5, 5.41) is 2.40. The first kappa shape index (κ1) is 16.6. The summed E-state index contributed by atoms with van der Waals surface area (Å²) in [6.45, 7) is 0.512. The molecule has 0 saturated carbocycles. The minimum atomic E-state index is -4.54. The SMILES string of the molecule is COCCSCC(=O)Nc1ccc(N)c(C(F)(F)F)c1. The van der Waals surface area contributed by atoms with E-state index in [0.29, 0.717) is 12.4 Å². The molecule has 20 heavy (non-hydrogen) atoms. The number of ether oxygens (including phenoxy) is 1. The van der Waals surface area contributed by atoms with Crippen molar-refractivity contribution >= 4 is 29.0 Å². The van der Waals surface area contributed by atoms with Gasteiger partial charge in [0.1, 0.15) is 0 Å². The zero-order chi connectivity index (χ0) is 15.2. The molecule has 0 spiro atoms. The Labute approximate surface area is 118 Å². The van der Waals surface area contributed by atoms with Gasteiger partial charge in [-0.25, -0.2) is 0 Å². The maximum atomic E-state index is 12.6. The maximum Gasteiger partial charge on any atom is 0.418 e. The number of halogens is 3. The first-order valence-electron chi connectivity index (χ1n) is 5.68. The monoisotopic (exact) mass is 308 g/mol. The molecule has 1 rings (SSSR count). The molecule has 0 aliphatic rings. The van der Waals surface area contributed by atoms with Crippen molar-refractivity contribution in [2.24, 2.45) is 0 Å². The average Bonchev–Trinajstić information content (AvgIpc) is 2.36. The van der Waals surface area contributed by atoms with E-state index in [-0.39, 0.29) is 23.0 Å². The number of nitrogens with one attached hydrogen (secondary N) is 1. The lowest BCUT2D eigenvalue weighted by Crippen LogP contribution is -2.16. The molecule has 0 saturated heterocycles. The van der Waals surface area contributed by atoms with Gasteiger partial charge >= 0.3 is 6.18 Å². The van der Waals surface area contributed by atoms with E-state index in [2.05, 4.69) is 5.32 Å². The molecule has 1 aromatic rings. The number of thioether (sulfide) groups is 1. The van der Waals surface area contributed by atoms with E-state index in [0.717, 1.165) is 12.1 Å². The lowest BCUT2D eigenvalue weighted by atomic mass is 10.1. The molecule has 0 atom stereocenters. The molecule has 0 aliphatic heterocycles. The summed E-state index contributed by atoms with van der Waals surface area (Å²) in [7, 11) is 1.55. The average molecular weight is 308 g/mol. The van der Waals surface area contributed by atoms with Crippen LogP contribution in [0.5, 0.6) is 0 Å². The fourth-order valence-corrected chi connectivity index (χ4v) is 2.07. The predicted molar refractivity (Wildman–Crippen MR) is 73.7 cm³/mol. The maximum absolute atomic E-state index is 12.6. The van der Waals surface area contributed by atoms with Crippen molar-refractivity contribution in [3.8, 4) is 0 Å². The van der Waals surface area contributed by atoms with Crippen LogP contribution in [0.3, 0.4) is 0 Å². The second kappa shape index (κ2) is 7.39. The van der Waals surface area contributed by atoms with Crippen molar-refractivity contribution in [3.63, 3.8) is 0 Å². The predicted octanol–water partition coefficient (Wildman–Crippen LogP) is 2.61. The zero-order valence-corrected chi connectivity index (χ0v) is 11.6. The Morgan fingerprint density at radius 2 is 2.15 bits per heavy atom. The van der Waals surface area contributed by atoms with E-state index in [1.807, 2.05) is 0 Å². The van der Waals surface area contributed by atoms with E-state index in [1.165, 1.54) is 17.8 Å². The van der Waals surface area contributed by atoms with Crippen molar-refractivity contribution in [1.82, 2.24) is 0 Å². The second-order valence-electron chi connectivity index (χ2n) is 3.89. The number of carbonyl (C=O) groups is 1. The largest absolute Gasteiger partial charge is 0.418 e. The molecule has 3 N–H and O–H groups in total. The standard InChI is InChI=1S/C12H15F3N2O2S/c1-19-4-5-20-7-11(18)17-8-2-3-10(16)9(6-8)12(13,14)15/h2-3,6H,4-5,7,16H2,1H3,(H,17,18). The molecular formula is C12H15F3N2O2S. The highest BCUT2D eigenvalue weighted by atomic mass is 32.2. The molecule has 1 aromatic carbocycles. The number of hydrogen-bond donors (Lipinski definition) is 2. The fourth-order valence-electron chi connectivity index (χ4n) is 1.38. The lowest BCUT2D eigenvalue weighted by Gasteiger charge is -2.12. The molecule has 1 amide bonds. The van der Waals surface area contributed by atoms with E-state index in [4.69, 9.17) is 10.5 Å². The molecule has 0 aliphatic carbocycles. The van der Waals surface area contributed by atoms with Gasteiger partial charge in [-0.2, -0.15) is 13.2 Å². The summed E-state index contributed by atoms with van der Waals surface area (Å²) in [4.78, 5) is 11.5. The van der Waals surface area contributed by atoms with Gasteiger partial charge in [-0.3, -0.25) is 4.79 Å². The highest BCUT2D eigenvalue weighted by molar-refractivity contribution is 7.99. The third-order valence-corrected chi connectivity index (χ3v) is 3.23. The van der Waals surface area contributed by atoms with Gasteiger partial charge in [-0.15, -0.1) is 11.8 Å². The smallest absolute Gasteiger partial charge is 0.398 e. The molecule has 0 bridgehead atoms. The Morgan fingerprint density at radius 1 is 1.45 bits per heavy atom. The van der Waals surface area contributed by atoms with Crippen LogP contribution in [0.15, 0.2) is 18.2 Å². The normalized spacial score (nSPS) is 11.4. The number of rotatable bonds is 6. The van der Waals surface area contributed by atoms with Crippen LogP contribution in [-0.2, 0) is 15.7 Å². The van der Waals surface area contributed by atoms with Gasteiger partial charge < -0.3 is 15.8 Å². The Hall–Kier alpha value is -1.41. The minimum Gasteiger partial charge on any atom is -0.398 e. The van der Waals surface area contributed by atoms with Crippen molar-refractivity contribution in [2.75, 3.05) is 36.3 Å². The van der Waals surface area contributed by atoms with E-state index >= 15 is 0 Å². The van der Waals surface area contributed by atoms with Crippen LogP contribution in [0, 0.1) is 0 Å². The molecular weight excluding hydrogens is 293 g/mol. The fraction of sp³-hybridized carbons (Fsp3) is 0.417. The van der Waals surface area contributed by atoms with Crippen LogP contribution < -0.4 is 11.1 Å². The molecule has 0 aromatic heterocycles. The van der Waals surface area contributed by atoms with Crippen LogP contribution in [0.4, 0.5) is 24.5 Å². The summed E-state index contributed by atoms with van der Waals surface area (Å²) >= 11 is 1.33. The quantitative estimate of drug-likeness (QED) is 0.626. The van der Waals surface area contributed by atoms with Crippen LogP contribution in [-0.4, -0.2) is 31.1 Å². The molecule has 0 radical (unpaired) electrons. The third kappa shape index (κ3) is 5.30. The molecule has 0 unspecified atom stereocenters. The summed E-state index contributed by atoms with van der Waals surface area (Å²) < 4.78 is 42.7. The van der Waals surface area contributed by atoms with Crippen molar-refractivity contribution in [3.05, 3.63) is 23.8 Å². The van der Waals surface area contributed by atoms with E-state index < -0.39 is 11.7 Å². The van der Waals surface area contributed by atoms with Gasteiger partial charge in [0, 0.05) is 24.2 Å². The number of hydrogen-bond acceptors (Lipinski definition) is 4. The number of benzene rings is 1. The Kier molecular flexibility index (Phi) is 6.15. The number of anilines is 2. The summed E-state index contributed by atoms with van der Waals surface area (Å²) in [6, 6.07) is 3.28. The molecule has 0 heterocycles. The van der Waals surface area contributed by atoms with Crippen LogP contribution in [0.1, 0.15) is 5.56 Å². The Morgan fingerprint density at radius 3 is 2.75 bits per heavy atom. The van der Waals surface area contributed by atoms with Gasteiger partial charge in [0.05, 0.1) is 17.9 Å². The Bertz CT molecular complexity index is 467. The number of alkyl halides is 3. The van der Waals surface area contributed by atoms with Crippen LogP contribution in [0.25, 0.3) is 0 Å². The molecule has 0 fully saturated rings. The zero-order valence-electron chi connectivity index (χ0n) is 10.8. The number of nitrogen functional groups attached to an aromatic ring is 1. The Balaban J connectivity index is 2.62. The van der Waals surface area contributed by atoms with Crippen LogP contribution >= 0.6 is 11.8 Å².